The van der Waals surface area contributed by atoms with Crippen molar-refractivity contribution < 1.29 is 22.8 Å². The Labute approximate surface area is 158 Å². The summed E-state index contributed by atoms with van der Waals surface area (Å²) in [7, 11) is 0. The van der Waals surface area contributed by atoms with E-state index in [0.717, 1.165) is 10.5 Å². The van der Waals surface area contributed by atoms with E-state index in [0.29, 0.717) is 12.5 Å². The van der Waals surface area contributed by atoms with Crippen LogP contribution in [0.2, 0.25) is 8.76 Å². The van der Waals surface area contributed by atoms with E-state index in [9.17, 15) is 5.11 Å². The minimum Gasteiger partial charge on any atom is -0.147 e. The summed E-state index contributed by atoms with van der Waals surface area (Å²) in [5, 5.41) is 9.40. The molecule has 0 bridgehead atoms. The Morgan fingerprint density at radius 1 is 1.13 bits per heavy atom. The largest absolute Gasteiger partial charge is 0.147 e. The van der Waals surface area contributed by atoms with Gasteiger partial charge in [-0.3, -0.25) is 0 Å². The maximum atomic E-state index is 9.40. The molecule has 2 N–H and O–H groups in total. The Kier molecular flexibility index (Phi) is 9.89. The van der Waals surface area contributed by atoms with Gasteiger partial charge >= 0.3 is 135 Å². The number of hydrogen-bond acceptors (Lipinski definition) is 2. The van der Waals surface area contributed by atoms with Crippen LogP contribution >= 0.6 is 24.8 Å². The van der Waals surface area contributed by atoms with Gasteiger partial charge in [-0.1, -0.05) is 0 Å². The molecule has 0 radical (unpaired) electrons. The van der Waals surface area contributed by atoms with Crippen LogP contribution in [0.4, 0.5) is 0 Å². The van der Waals surface area contributed by atoms with Crippen molar-refractivity contribution in [3.05, 3.63) is 20.0 Å². The molecular weight excluding hydrogens is 424 g/mol. The van der Waals surface area contributed by atoms with Crippen LogP contribution in [-0.4, -0.2) is 24.1 Å². The van der Waals surface area contributed by atoms with E-state index in [4.69, 9.17) is 0 Å². The van der Waals surface area contributed by atoms with Gasteiger partial charge in [0.1, 0.15) is 0 Å². The van der Waals surface area contributed by atoms with Crippen LogP contribution in [0.5, 0.6) is 0 Å². The van der Waals surface area contributed by atoms with Gasteiger partial charge in [-0.25, -0.2) is 0 Å². The second-order valence-electron chi connectivity index (χ2n) is 8.56. The molecule has 1 unspecified atom stereocenters. The summed E-state index contributed by atoms with van der Waals surface area (Å²) in [5.74, 6) is 0.562. The topological polar surface area (TPSA) is 32.3 Å². The zero-order chi connectivity index (χ0) is 16.7. The van der Waals surface area contributed by atoms with Crippen LogP contribution in [0.15, 0.2) is 20.0 Å². The molecule has 23 heavy (non-hydrogen) atoms. The van der Waals surface area contributed by atoms with E-state index >= 15 is 0 Å². The first-order valence-electron chi connectivity index (χ1n) is 8.18. The molecule has 0 aromatic carbocycles. The molecule has 1 atom stereocenters. The Morgan fingerprint density at radius 2 is 1.61 bits per heavy atom. The van der Waals surface area contributed by atoms with Gasteiger partial charge in [0, 0.05) is 0 Å². The summed E-state index contributed by atoms with van der Waals surface area (Å²) in [4.78, 5) is 0. The van der Waals surface area contributed by atoms with Crippen LogP contribution in [0, 0.1) is 5.92 Å². The minimum absolute atomic E-state index is 0. The minimum atomic E-state index is -3.27. The zero-order valence-electron chi connectivity index (χ0n) is 16.2. The van der Waals surface area contributed by atoms with Crippen LogP contribution in [-0.2, 0) is 17.7 Å². The van der Waals surface area contributed by atoms with Crippen molar-refractivity contribution in [2.45, 2.75) is 69.2 Å². The standard InChI is InChI=1S/C9H13.C4H10N.C3H7O.CH3.2ClH.H2Si.Zr/c1-6-5-7(2)9(4)8(6)3;1-4(2,3)5;1-2-3-4;;;;;/h6H,1-4H3;5H,1-3H3;4H,1-3H2;1H3;2*1H;1H2;/q;-1;;;;;;+1. The molecular formula is C17H37Cl2NOSiZr. The zero-order valence-corrected chi connectivity index (χ0v) is 21.7. The van der Waals surface area contributed by atoms with Gasteiger partial charge in [-0.2, -0.15) is 0 Å². The first-order chi connectivity index (χ1) is 9.32. The van der Waals surface area contributed by atoms with Gasteiger partial charge in [0.25, 0.3) is 0 Å². The SMILES string of the molecule is CC1=C(C)C(C)[C]([Zr]([CH3])(=[SiH2])([CH2]CCO)[NH]C(C)(C)C)=C1C.Cl.Cl. The second-order valence-corrected chi connectivity index (χ2v) is 34.3. The van der Waals surface area contributed by atoms with E-state index in [1.165, 1.54) is 16.7 Å². The number of hydrogen-bond donors (Lipinski definition) is 2. The van der Waals surface area contributed by atoms with E-state index in [-0.39, 0.29) is 30.4 Å². The third-order valence-electron chi connectivity index (χ3n) is 5.18. The van der Waals surface area contributed by atoms with Gasteiger partial charge in [-0.15, -0.1) is 24.8 Å². The van der Waals surface area contributed by atoms with Crippen LogP contribution in [0.3, 0.4) is 0 Å². The molecule has 1 aliphatic rings. The van der Waals surface area contributed by atoms with Crippen LogP contribution < -0.4 is 3.26 Å². The predicted molar refractivity (Wildman–Crippen MR) is 109 cm³/mol. The average Bonchev–Trinajstić information content (AvgIpc) is 2.49. The fourth-order valence-electron chi connectivity index (χ4n) is 4.46. The summed E-state index contributed by atoms with van der Waals surface area (Å²) in [5.41, 5.74) is 4.68. The molecule has 0 aromatic heterocycles. The van der Waals surface area contributed by atoms with E-state index < -0.39 is 17.7 Å². The summed E-state index contributed by atoms with van der Waals surface area (Å²) in [6.45, 7) is 18.7. The summed E-state index contributed by atoms with van der Waals surface area (Å²) < 4.78 is 9.53. The molecule has 0 saturated carbocycles. The van der Waals surface area contributed by atoms with Crippen molar-refractivity contribution in [2.24, 2.45) is 5.92 Å². The monoisotopic (exact) mass is 459 g/mol. The smallest absolute Gasteiger partial charge is 0.147 e. The van der Waals surface area contributed by atoms with E-state index in [1.54, 1.807) is 3.28 Å². The van der Waals surface area contributed by atoms with Gasteiger partial charge < -0.3 is 0 Å². The van der Waals surface area contributed by atoms with Gasteiger partial charge in [0.05, 0.1) is 0 Å². The molecule has 0 aliphatic heterocycles. The molecule has 0 saturated heterocycles. The van der Waals surface area contributed by atoms with Crippen molar-refractivity contribution in [1.82, 2.24) is 3.26 Å². The Balaban J connectivity index is 0. The fraction of sp³-hybridized carbons (Fsp3) is 0.765. The summed E-state index contributed by atoms with van der Waals surface area (Å²) in [6.07, 6.45) is 0.913. The van der Waals surface area contributed by atoms with Crippen molar-refractivity contribution in [2.75, 3.05) is 6.61 Å². The Bertz CT molecular complexity index is 563. The normalized spacial score (nSPS) is 19.7. The third-order valence-corrected chi connectivity index (χ3v) is 24.2. The summed E-state index contributed by atoms with van der Waals surface area (Å²) in [6, 6.07) is 0. The van der Waals surface area contributed by atoms with Crippen molar-refractivity contribution in [3.63, 3.8) is 0 Å². The quantitative estimate of drug-likeness (QED) is 0.592. The van der Waals surface area contributed by atoms with Crippen LogP contribution in [0.25, 0.3) is 0 Å². The first-order valence-corrected chi connectivity index (χ1v) is 20.8. The Hall–Kier alpha value is 1.08. The molecule has 0 fully saturated rings. The van der Waals surface area contributed by atoms with Crippen molar-refractivity contribution in [3.8, 4) is 0 Å². The number of aliphatic hydroxyl groups is 1. The molecule has 6 heteroatoms. The number of allylic oxidation sites excluding steroid dienone is 4. The Morgan fingerprint density at radius 3 is 1.91 bits per heavy atom. The fourth-order valence-corrected chi connectivity index (χ4v) is 28.6. The number of nitrogens with one attached hydrogen (secondary N) is 1. The number of halogens is 2. The average molecular weight is 462 g/mol. The van der Waals surface area contributed by atoms with Crippen molar-refractivity contribution >= 4 is 31.7 Å². The van der Waals surface area contributed by atoms with Gasteiger partial charge in [0.15, 0.2) is 0 Å². The summed E-state index contributed by atoms with van der Waals surface area (Å²) >= 11 is -3.27. The maximum absolute atomic E-state index is 9.40. The molecule has 1 rings (SSSR count). The molecule has 0 heterocycles. The van der Waals surface area contributed by atoms with Gasteiger partial charge in [0.2, 0.25) is 0 Å². The molecule has 0 spiro atoms. The van der Waals surface area contributed by atoms with E-state index in [2.05, 4.69) is 63.2 Å². The molecule has 0 aromatic rings. The number of aliphatic hydroxyl groups excluding tert-OH is 1. The van der Waals surface area contributed by atoms with Gasteiger partial charge in [-0.05, 0) is 0 Å². The van der Waals surface area contributed by atoms with E-state index in [1.807, 2.05) is 0 Å². The molecule has 138 valence electrons. The second kappa shape index (κ2) is 8.64. The third kappa shape index (κ3) is 5.79. The molecule has 0 amide bonds. The number of rotatable bonds is 5. The molecule has 2 nitrogen and oxygen atoms in total. The molecule has 1 aliphatic carbocycles. The first kappa shape index (κ1) is 26.3. The maximum Gasteiger partial charge on any atom is -0.147 e. The van der Waals surface area contributed by atoms with Crippen molar-refractivity contribution in [1.29, 1.82) is 0 Å². The predicted octanol–water partition coefficient (Wildman–Crippen LogP) is 4.48. The van der Waals surface area contributed by atoms with Crippen LogP contribution in [0.1, 0.15) is 54.9 Å².